The number of methoxy groups -OCH3 is 1. The highest BCUT2D eigenvalue weighted by atomic mass is 35.5. The van der Waals surface area contributed by atoms with Crippen LogP contribution in [0.5, 0.6) is 5.75 Å². The van der Waals surface area contributed by atoms with E-state index in [1.54, 1.807) is 12.1 Å². The van der Waals surface area contributed by atoms with E-state index >= 15 is 0 Å². The number of para-hydroxylation sites is 1. The van der Waals surface area contributed by atoms with Crippen LogP contribution in [0.2, 0.25) is 5.15 Å². The molecule has 0 aliphatic heterocycles. The number of halogens is 2. The molecular formula is C21H15ClFN3O. The molecule has 4 rings (SSSR count). The summed E-state index contributed by atoms with van der Waals surface area (Å²) in [5.41, 5.74) is 3.53. The minimum Gasteiger partial charge on any atom is -0.494 e. The van der Waals surface area contributed by atoms with Gasteiger partial charge in [0.2, 0.25) is 0 Å². The Morgan fingerprint density at radius 3 is 2.56 bits per heavy atom. The molecule has 0 amide bonds. The first kappa shape index (κ1) is 17.4. The van der Waals surface area contributed by atoms with Crippen molar-refractivity contribution in [2.75, 3.05) is 7.11 Å². The van der Waals surface area contributed by atoms with Crippen LogP contribution >= 0.6 is 11.6 Å². The van der Waals surface area contributed by atoms with Crippen molar-refractivity contribution in [3.8, 4) is 28.5 Å². The molecule has 0 fully saturated rings. The van der Waals surface area contributed by atoms with Crippen LogP contribution in [0.15, 0.2) is 54.6 Å². The maximum Gasteiger partial charge on any atom is 0.180 e. The predicted octanol–water partition coefficient (Wildman–Crippen LogP) is 5.47. The second-order valence-corrected chi connectivity index (χ2v) is 6.42. The van der Waals surface area contributed by atoms with Crippen LogP contribution in [0.1, 0.15) is 5.56 Å². The molecule has 0 saturated heterocycles. The van der Waals surface area contributed by atoms with Crippen molar-refractivity contribution in [3.05, 3.63) is 71.1 Å². The smallest absolute Gasteiger partial charge is 0.180 e. The average molecular weight is 380 g/mol. The van der Waals surface area contributed by atoms with Crippen LogP contribution in [0.25, 0.3) is 33.7 Å². The SMILES string of the molecule is COc1ccc(-c2nc(-c3nc(Cl)c4ccccc4n3)ccc2C)cc1F. The molecule has 0 bridgehead atoms. The summed E-state index contributed by atoms with van der Waals surface area (Å²) >= 11 is 6.31. The van der Waals surface area contributed by atoms with Crippen molar-refractivity contribution in [1.29, 1.82) is 0 Å². The van der Waals surface area contributed by atoms with Crippen molar-refractivity contribution in [3.63, 3.8) is 0 Å². The van der Waals surface area contributed by atoms with Crippen LogP contribution in [0, 0.1) is 12.7 Å². The molecule has 134 valence electrons. The van der Waals surface area contributed by atoms with E-state index in [1.165, 1.54) is 13.2 Å². The zero-order valence-corrected chi connectivity index (χ0v) is 15.5. The molecule has 0 saturated carbocycles. The standard InChI is InChI=1S/C21H15ClFN3O/c1-12-7-9-17(21-25-16-6-4-3-5-14(16)20(22)26-21)24-19(12)13-8-10-18(27-2)15(23)11-13/h3-11H,1-2H3. The Morgan fingerprint density at radius 1 is 0.963 bits per heavy atom. The van der Waals surface area contributed by atoms with Gasteiger partial charge in [-0.05, 0) is 48.9 Å². The number of ether oxygens (including phenoxy) is 1. The lowest BCUT2D eigenvalue weighted by Crippen LogP contribution is -1.97. The van der Waals surface area contributed by atoms with E-state index in [1.807, 2.05) is 43.3 Å². The van der Waals surface area contributed by atoms with Gasteiger partial charge in [-0.3, -0.25) is 0 Å². The van der Waals surface area contributed by atoms with Gasteiger partial charge in [0.05, 0.1) is 18.3 Å². The molecule has 0 atom stereocenters. The summed E-state index contributed by atoms with van der Waals surface area (Å²) in [4.78, 5) is 13.6. The lowest BCUT2D eigenvalue weighted by molar-refractivity contribution is 0.386. The highest BCUT2D eigenvalue weighted by Crippen LogP contribution is 2.29. The van der Waals surface area contributed by atoms with Gasteiger partial charge in [0.15, 0.2) is 17.4 Å². The van der Waals surface area contributed by atoms with Gasteiger partial charge < -0.3 is 4.74 Å². The Balaban J connectivity index is 1.84. The largest absolute Gasteiger partial charge is 0.494 e. The number of pyridine rings is 1. The summed E-state index contributed by atoms with van der Waals surface area (Å²) < 4.78 is 19.1. The molecular weight excluding hydrogens is 365 g/mol. The summed E-state index contributed by atoms with van der Waals surface area (Å²) in [5, 5.41) is 1.16. The van der Waals surface area contributed by atoms with Gasteiger partial charge >= 0.3 is 0 Å². The number of benzene rings is 2. The van der Waals surface area contributed by atoms with Crippen LogP contribution in [-0.4, -0.2) is 22.1 Å². The summed E-state index contributed by atoms with van der Waals surface area (Å²) in [6.07, 6.45) is 0. The highest BCUT2D eigenvalue weighted by molar-refractivity contribution is 6.34. The molecule has 4 aromatic rings. The third kappa shape index (κ3) is 3.22. The monoisotopic (exact) mass is 379 g/mol. The molecule has 0 aliphatic rings. The minimum absolute atomic E-state index is 0.192. The van der Waals surface area contributed by atoms with Crippen LogP contribution < -0.4 is 4.74 Å². The normalized spacial score (nSPS) is 11.0. The molecule has 2 aromatic carbocycles. The van der Waals surface area contributed by atoms with Crippen molar-refractivity contribution < 1.29 is 9.13 Å². The molecule has 0 unspecified atom stereocenters. The van der Waals surface area contributed by atoms with Gasteiger partial charge in [-0.1, -0.05) is 29.8 Å². The maximum atomic E-state index is 14.1. The fourth-order valence-corrected chi connectivity index (χ4v) is 3.15. The average Bonchev–Trinajstić information content (AvgIpc) is 2.68. The van der Waals surface area contributed by atoms with Gasteiger partial charge in [-0.25, -0.2) is 19.3 Å². The number of fused-ring (bicyclic) bond motifs is 1. The fraction of sp³-hybridized carbons (Fsp3) is 0.0952. The quantitative estimate of drug-likeness (QED) is 0.443. The molecule has 6 heteroatoms. The van der Waals surface area contributed by atoms with E-state index in [2.05, 4.69) is 15.0 Å². The first-order valence-corrected chi connectivity index (χ1v) is 8.69. The third-order valence-corrected chi connectivity index (χ3v) is 4.60. The maximum absolute atomic E-state index is 14.1. The van der Waals surface area contributed by atoms with Crippen molar-refractivity contribution >= 4 is 22.5 Å². The number of aryl methyl sites for hydroxylation is 1. The lowest BCUT2D eigenvalue weighted by Gasteiger charge is -2.10. The minimum atomic E-state index is -0.438. The number of nitrogens with zero attached hydrogens (tertiary/aromatic N) is 3. The second kappa shape index (κ2) is 6.93. The first-order valence-electron chi connectivity index (χ1n) is 8.31. The number of hydrogen-bond acceptors (Lipinski definition) is 4. The molecule has 2 aromatic heterocycles. The Labute approximate surface area is 160 Å². The zero-order chi connectivity index (χ0) is 19.0. The molecule has 0 radical (unpaired) electrons. The first-order chi connectivity index (χ1) is 13.1. The predicted molar refractivity (Wildman–Crippen MR) is 104 cm³/mol. The Hall–Kier alpha value is -3.05. The van der Waals surface area contributed by atoms with E-state index in [-0.39, 0.29) is 5.75 Å². The van der Waals surface area contributed by atoms with Crippen LogP contribution in [0.3, 0.4) is 0 Å². The second-order valence-electron chi connectivity index (χ2n) is 6.07. The lowest BCUT2D eigenvalue weighted by atomic mass is 10.1. The molecule has 27 heavy (non-hydrogen) atoms. The Kier molecular flexibility index (Phi) is 4.46. The topological polar surface area (TPSA) is 47.9 Å². The van der Waals surface area contributed by atoms with Crippen molar-refractivity contribution in [2.45, 2.75) is 6.92 Å². The molecule has 0 spiro atoms. The van der Waals surface area contributed by atoms with Gasteiger partial charge in [-0.2, -0.15) is 0 Å². The van der Waals surface area contributed by atoms with Crippen LogP contribution in [0.4, 0.5) is 4.39 Å². The summed E-state index contributed by atoms with van der Waals surface area (Å²) in [7, 11) is 1.43. The Morgan fingerprint density at radius 2 is 1.78 bits per heavy atom. The third-order valence-electron chi connectivity index (χ3n) is 4.31. The van der Waals surface area contributed by atoms with Crippen LogP contribution in [-0.2, 0) is 0 Å². The van der Waals surface area contributed by atoms with E-state index < -0.39 is 5.82 Å². The van der Waals surface area contributed by atoms with E-state index in [0.717, 1.165) is 16.5 Å². The zero-order valence-electron chi connectivity index (χ0n) is 14.7. The van der Waals surface area contributed by atoms with Gasteiger partial charge in [0.1, 0.15) is 10.8 Å². The van der Waals surface area contributed by atoms with Gasteiger partial charge in [-0.15, -0.1) is 0 Å². The van der Waals surface area contributed by atoms with Gasteiger partial charge in [0, 0.05) is 10.9 Å². The van der Waals surface area contributed by atoms with Crippen molar-refractivity contribution in [2.24, 2.45) is 0 Å². The summed E-state index contributed by atoms with van der Waals surface area (Å²) in [5.74, 6) is 0.178. The summed E-state index contributed by atoms with van der Waals surface area (Å²) in [6, 6.07) is 16.0. The van der Waals surface area contributed by atoms with E-state index in [0.29, 0.717) is 27.9 Å². The van der Waals surface area contributed by atoms with Gasteiger partial charge in [0.25, 0.3) is 0 Å². The van der Waals surface area contributed by atoms with E-state index in [9.17, 15) is 4.39 Å². The fourth-order valence-electron chi connectivity index (χ4n) is 2.91. The number of hydrogen-bond donors (Lipinski definition) is 0. The summed E-state index contributed by atoms with van der Waals surface area (Å²) in [6.45, 7) is 1.92. The highest BCUT2D eigenvalue weighted by Gasteiger charge is 2.13. The molecule has 0 aliphatic carbocycles. The Bertz CT molecular complexity index is 1160. The molecule has 2 heterocycles. The number of aromatic nitrogens is 3. The van der Waals surface area contributed by atoms with Crippen molar-refractivity contribution in [1.82, 2.24) is 15.0 Å². The molecule has 0 N–H and O–H groups in total. The number of rotatable bonds is 3. The molecule has 4 nitrogen and oxygen atoms in total. The van der Waals surface area contributed by atoms with E-state index in [4.69, 9.17) is 16.3 Å².